The lowest BCUT2D eigenvalue weighted by Crippen LogP contribution is -2.34. The van der Waals surface area contributed by atoms with Crippen molar-refractivity contribution in [3.63, 3.8) is 0 Å². The number of nitrogens with one attached hydrogen (secondary N) is 1. The van der Waals surface area contributed by atoms with E-state index in [1.165, 1.54) is 55.5 Å². The molecule has 1 N–H and O–H groups in total. The predicted molar refractivity (Wildman–Crippen MR) is 93.0 cm³/mol. The maximum atomic E-state index is 3.60. The van der Waals surface area contributed by atoms with Gasteiger partial charge in [-0.3, -0.25) is 0 Å². The van der Waals surface area contributed by atoms with E-state index in [1.54, 1.807) is 0 Å². The third-order valence-corrected chi connectivity index (χ3v) is 4.62. The SMILES string of the molecule is CCCCN(c1ccc(CNC2CC2)cc1C)C(C)CC. The zero-order chi connectivity index (χ0) is 15.2. The van der Waals surface area contributed by atoms with E-state index in [4.69, 9.17) is 0 Å². The van der Waals surface area contributed by atoms with Crippen LogP contribution in [0.25, 0.3) is 0 Å². The molecule has 1 aliphatic rings. The highest BCUT2D eigenvalue weighted by atomic mass is 15.2. The second-order valence-electron chi connectivity index (χ2n) is 6.58. The lowest BCUT2D eigenvalue weighted by atomic mass is 10.1. The quantitative estimate of drug-likeness (QED) is 0.711. The van der Waals surface area contributed by atoms with Crippen LogP contribution in [-0.2, 0) is 6.54 Å². The average molecular weight is 288 g/mol. The van der Waals surface area contributed by atoms with Crippen LogP contribution >= 0.6 is 0 Å². The van der Waals surface area contributed by atoms with Gasteiger partial charge >= 0.3 is 0 Å². The molecule has 2 nitrogen and oxygen atoms in total. The van der Waals surface area contributed by atoms with Gasteiger partial charge in [0.05, 0.1) is 0 Å². The van der Waals surface area contributed by atoms with Crippen molar-refractivity contribution in [3.8, 4) is 0 Å². The molecule has 0 aliphatic heterocycles. The van der Waals surface area contributed by atoms with Crippen molar-refractivity contribution in [1.29, 1.82) is 0 Å². The largest absolute Gasteiger partial charge is 0.369 e. The van der Waals surface area contributed by atoms with Crippen LogP contribution in [0, 0.1) is 6.92 Å². The van der Waals surface area contributed by atoms with Crippen LogP contribution in [0.3, 0.4) is 0 Å². The Hall–Kier alpha value is -1.02. The summed E-state index contributed by atoms with van der Waals surface area (Å²) in [5.41, 5.74) is 4.26. The van der Waals surface area contributed by atoms with Crippen LogP contribution in [0.15, 0.2) is 18.2 Å². The Balaban J connectivity index is 2.07. The van der Waals surface area contributed by atoms with Crippen LogP contribution in [-0.4, -0.2) is 18.6 Å². The molecule has 0 radical (unpaired) electrons. The number of hydrogen-bond acceptors (Lipinski definition) is 2. The molecule has 21 heavy (non-hydrogen) atoms. The molecule has 1 aliphatic carbocycles. The van der Waals surface area contributed by atoms with Crippen molar-refractivity contribution < 1.29 is 0 Å². The van der Waals surface area contributed by atoms with Gasteiger partial charge in [-0.15, -0.1) is 0 Å². The number of nitrogens with zero attached hydrogens (tertiary/aromatic N) is 1. The summed E-state index contributed by atoms with van der Waals surface area (Å²) in [6.45, 7) is 11.4. The molecule has 0 amide bonds. The third kappa shape index (κ3) is 4.74. The first-order valence-electron chi connectivity index (χ1n) is 8.75. The fraction of sp³-hybridized carbons (Fsp3) is 0.684. The second-order valence-corrected chi connectivity index (χ2v) is 6.58. The summed E-state index contributed by atoms with van der Waals surface area (Å²) in [7, 11) is 0. The topological polar surface area (TPSA) is 15.3 Å². The number of aryl methyl sites for hydroxylation is 1. The Morgan fingerprint density at radius 3 is 2.62 bits per heavy atom. The second kappa shape index (κ2) is 7.84. The lowest BCUT2D eigenvalue weighted by Gasteiger charge is -2.32. The first-order valence-corrected chi connectivity index (χ1v) is 8.75. The first-order chi connectivity index (χ1) is 10.2. The first kappa shape index (κ1) is 16.4. The smallest absolute Gasteiger partial charge is 0.0398 e. The number of rotatable bonds is 9. The molecule has 1 aromatic rings. The van der Waals surface area contributed by atoms with Gasteiger partial charge in [-0.05, 0) is 56.7 Å². The van der Waals surface area contributed by atoms with Crippen molar-refractivity contribution in [2.45, 2.75) is 78.4 Å². The Morgan fingerprint density at radius 1 is 1.29 bits per heavy atom. The van der Waals surface area contributed by atoms with Gasteiger partial charge < -0.3 is 10.2 Å². The highest BCUT2D eigenvalue weighted by Gasteiger charge is 2.20. The van der Waals surface area contributed by atoms with Crippen molar-refractivity contribution in [1.82, 2.24) is 5.32 Å². The van der Waals surface area contributed by atoms with Gasteiger partial charge in [0.2, 0.25) is 0 Å². The van der Waals surface area contributed by atoms with Crippen LogP contribution in [0.2, 0.25) is 0 Å². The molecule has 1 fully saturated rings. The van der Waals surface area contributed by atoms with Crippen LogP contribution < -0.4 is 10.2 Å². The van der Waals surface area contributed by atoms with Gasteiger partial charge in [-0.1, -0.05) is 32.4 Å². The number of benzene rings is 1. The molecule has 2 heteroatoms. The maximum absolute atomic E-state index is 3.60. The molecule has 2 rings (SSSR count). The van der Waals surface area contributed by atoms with Crippen LogP contribution in [0.5, 0.6) is 0 Å². The highest BCUT2D eigenvalue weighted by molar-refractivity contribution is 5.55. The number of anilines is 1. The summed E-state index contributed by atoms with van der Waals surface area (Å²) in [6, 6.07) is 8.41. The van der Waals surface area contributed by atoms with E-state index in [1.807, 2.05) is 0 Å². The van der Waals surface area contributed by atoms with Gasteiger partial charge in [0.15, 0.2) is 0 Å². The Bertz CT molecular complexity index is 437. The maximum Gasteiger partial charge on any atom is 0.0398 e. The van der Waals surface area contributed by atoms with E-state index < -0.39 is 0 Å². The minimum absolute atomic E-state index is 0.616. The molecule has 0 saturated heterocycles. The van der Waals surface area contributed by atoms with Gasteiger partial charge in [0.1, 0.15) is 0 Å². The third-order valence-electron chi connectivity index (χ3n) is 4.62. The van der Waals surface area contributed by atoms with Crippen molar-refractivity contribution in [2.75, 3.05) is 11.4 Å². The average Bonchev–Trinajstić information content (AvgIpc) is 3.31. The van der Waals surface area contributed by atoms with E-state index in [2.05, 4.69) is 56.1 Å². The minimum Gasteiger partial charge on any atom is -0.369 e. The molecule has 1 saturated carbocycles. The molecule has 0 bridgehead atoms. The highest BCUT2D eigenvalue weighted by Crippen LogP contribution is 2.26. The number of hydrogen-bond donors (Lipinski definition) is 1. The zero-order valence-corrected chi connectivity index (χ0v) is 14.3. The van der Waals surface area contributed by atoms with Gasteiger partial charge in [0, 0.05) is 30.9 Å². The fourth-order valence-corrected chi connectivity index (χ4v) is 2.83. The van der Waals surface area contributed by atoms with Crippen molar-refractivity contribution >= 4 is 5.69 Å². The Kier molecular flexibility index (Phi) is 6.10. The molecular weight excluding hydrogens is 256 g/mol. The van der Waals surface area contributed by atoms with Crippen LogP contribution in [0.4, 0.5) is 5.69 Å². The summed E-state index contributed by atoms with van der Waals surface area (Å²) in [5, 5.41) is 3.60. The van der Waals surface area contributed by atoms with E-state index in [9.17, 15) is 0 Å². The molecule has 1 atom stereocenters. The van der Waals surface area contributed by atoms with Crippen LogP contribution in [0.1, 0.15) is 64.0 Å². The Morgan fingerprint density at radius 2 is 2.05 bits per heavy atom. The van der Waals surface area contributed by atoms with E-state index in [0.29, 0.717) is 6.04 Å². The summed E-state index contributed by atoms with van der Waals surface area (Å²) < 4.78 is 0. The van der Waals surface area contributed by atoms with Gasteiger partial charge in [0.25, 0.3) is 0 Å². The Labute approximate surface area is 130 Å². The molecule has 0 spiro atoms. The summed E-state index contributed by atoms with van der Waals surface area (Å²) in [4.78, 5) is 2.59. The lowest BCUT2D eigenvalue weighted by molar-refractivity contribution is 0.594. The van der Waals surface area contributed by atoms with Crippen molar-refractivity contribution in [3.05, 3.63) is 29.3 Å². The molecular formula is C19H32N2. The molecule has 0 heterocycles. The monoisotopic (exact) mass is 288 g/mol. The van der Waals surface area contributed by atoms with E-state index in [-0.39, 0.29) is 0 Å². The fourth-order valence-electron chi connectivity index (χ4n) is 2.83. The molecule has 0 aromatic heterocycles. The standard InChI is InChI=1S/C19H32N2/c1-5-7-12-21(16(4)6-2)19-11-8-17(13-15(19)3)14-20-18-9-10-18/h8,11,13,16,18,20H,5-7,9-10,12,14H2,1-4H3. The van der Waals surface area contributed by atoms with E-state index in [0.717, 1.165) is 12.6 Å². The molecule has 1 aromatic carbocycles. The minimum atomic E-state index is 0.616. The predicted octanol–water partition coefficient (Wildman–Crippen LogP) is 4.65. The molecule has 1 unspecified atom stereocenters. The zero-order valence-electron chi connectivity index (χ0n) is 14.3. The number of unbranched alkanes of at least 4 members (excludes halogenated alkanes) is 1. The van der Waals surface area contributed by atoms with Gasteiger partial charge in [-0.2, -0.15) is 0 Å². The summed E-state index contributed by atoms with van der Waals surface area (Å²) >= 11 is 0. The van der Waals surface area contributed by atoms with Gasteiger partial charge in [-0.25, -0.2) is 0 Å². The molecule has 118 valence electrons. The van der Waals surface area contributed by atoms with Crippen molar-refractivity contribution in [2.24, 2.45) is 0 Å². The van der Waals surface area contributed by atoms with E-state index >= 15 is 0 Å². The summed E-state index contributed by atoms with van der Waals surface area (Å²) in [5.74, 6) is 0. The normalized spacial score (nSPS) is 16.0. The summed E-state index contributed by atoms with van der Waals surface area (Å²) in [6.07, 6.45) is 6.45.